The Morgan fingerprint density at radius 3 is 0.946 bits per heavy atom. The fourth-order valence-corrected chi connectivity index (χ4v) is 5.16. The third-order valence-electron chi connectivity index (χ3n) is 7.95. The Bertz CT molecular complexity index is 2140. The van der Waals surface area contributed by atoms with Gasteiger partial charge in [0, 0.05) is 0 Å². The van der Waals surface area contributed by atoms with E-state index < -0.39 is 152 Å². The number of aliphatic hydroxyl groups is 1. The molecule has 13 N–H and O–H groups in total. The molecule has 1 fully saturated rings. The van der Waals surface area contributed by atoms with E-state index in [-0.39, 0.29) is 0 Å². The van der Waals surface area contributed by atoms with E-state index >= 15 is 0 Å². The van der Waals surface area contributed by atoms with E-state index in [0.29, 0.717) is 48.5 Å². The van der Waals surface area contributed by atoms with Gasteiger partial charge in [0.1, 0.15) is 6.10 Å². The summed E-state index contributed by atoms with van der Waals surface area (Å²) in [5.74, 6) is -18.6. The first-order chi connectivity index (χ1) is 26.3. The first-order valence-corrected chi connectivity index (χ1v) is 15.4. The molecule has 22 heteroatoms. The summed E-state index contributed by atoms with van der Waals surface area (Å²) in [5.41, 5.74) is -2.84. The standard InChI is InChI=1S/C34H28O22/c35-9-22-27(53-30(48)10-1-14(36)23(44)15(37)2-10)28(54-31(49)11-3-16(38)24(45)17(39)4-11)29(55-32(50)12-5-18(40)25(46)19(41)6-12)34(52-22)56-33(51)13-7-20(42)26(47)21(43)8-13/h1-8,22,27-29,34-47H,9H2/t22-,27+,28+,29-,34+/m1/s1. The highest BCUT2D eigenvalue weighted by molar-refractivity contribution is 5.94. The van der Waals surface area contributed by atoms with Crippen molar-refractivity contribution < 1.29 is 109 Å². The molecule has 1 heterocycles. The average Bonchev–Trinajstić information content (AvgIpc) is 3.14. The van der Waals surface area contributed by atoms with E-state index in [1.807, 2.05) is 0 Å². The topological polar surface area (TPSA) is 377 Å². The van der Waals surface area contributed by atoms with Crippen molar-refractivity contribution in [2.75, 3.05) is 6.61 Å². The van der Waals surface area contributed by atoms with Crippen LogP contribution in [0.15, 0.2) is 48.5 Å². The molecule has 0 bridgehead atoms. The predicted molar refractivity (Wildman–Crippen MR) is 175 cm³/mol. The minimum atomic E-state index is -2.38. The number of phenols is 12. The number of hydrogen-bond donors (Lipinski definition) is 13. The van der Waals surface area contributed by atoms with Gasteiger partial charge in [0.25, 0.3) is 0 Å². The van der Waals surface area contributed by atoms with Crippen LogP contribution in [0.3, 0.4) is 0 Å². The first kappa shape index (κ1) is 39.5. The van der Waals surface area contributed by atoms with Crippen LogP contribution in [0.25, 0.3) is 0 Å². The molecule has 0 aromatic heterocycles. The smallest absolute Gasteiger partial charge is 0.340 e. The van der Waals surface area contributed by atoms with E-state index in [0.717, 1.165) is 0 Å². The number of benzene rings is 4. The van der Waals surface area contributed by atoms with Gasteiger partial charge in [0.15, 0.2) is 81.2 Å². The molecule has 0 spiro atoms. The van der Waals surface area contributed by atoms with Gasteiger partial charge in [-0.2, -0.15) is 0 Å². The number of aliphatic hydroxyl groups excluding tert-OH is 1. The van der Waals surface area contributed by atoms with E-state index in [9.17, 15) is 85.6 Å². The number of carbonyl (C=O) groups excluding carboxylic acids is 4. The van der Waals surface area contributed by atoms with Gasteiger partial charge in [-0.15, -0.1) is 0 Å². The largest absolute Gasteiger partial charge is 0.504 e. The first-order valence-electron chi connectivity index (χ1n) is 15.4. The van der Waals surface area contributed by atoms with Crippen LogP contribution in [0, 0.1) is 0 Å². The Hall–Kier alpha value is -7.72. The van der Waals surface area contributed by atoms with Crippen molar-refractivity contribution in [3.05, 3.63) is 70.8 Å². The Labute approximate surface area is 310 Å². The Morgan fingerprint density at radius 1 is 0.411 bits per heavy atom. The minimum Gasteiger partial charge on any atom is -0.504 e. The lowest BCUT2D eigenvalue weighted by atomic mass is 9.97. The number of aromatic hydroxyl groups is 12. The molecule has 4 aromatic rings. The third-order valence-corrected chi connectivity index (χ3v) is 7.95. The maximum atomic E-state index is 13.6. The molecule has 0 unspecified atom stereocenters. The Kier molecular flexibility index (Phi) is 10.8. The molecule has 5 atom stereocenters. The fourth-order valence-electron chi connectivity index (χ4n) is 5.16. The van der Waals surface area contributed by atoms with Crippen molar-refractivity contribution in [3.8, 4) is 69.0 Å². The van der Waals surface area contributed by atoms with Crippen LogP contribution in [0.2, 0.25) is 0 Å². The number of phenolic OH excluding ortho intramolecular Hbond substituents is 12. The third kappa shape index (κ3) is 7.80. The molecule has 0 amide bonds. The fraction of sp³-hybridized carbons (Fsp3) is 0.176. The summed E-state index contributed by atoms with van der Waals surface area (Å²) in [6.07, 6.45) is -11.2. The molecule has 1 aliphatic rings. The zero-order valence-corrected chi connectivity index (χ0v) is 27.7. The highest BCUT2D eigenvalue weighted by Gasteiger charge is 2.54. The number of ether oxygens (including phenoxy) is 5. The van der Waals surface area contributed by atoms with Crippen molar-refractivity contribution in [2.24, 2.45) is 0 Å². The molecule has 22 nitrogen and oxygen atoms in total. The van der Waals surface area contributed by atoms with Crippen LogP contribution in [0.1, 0.15) is 41.4 Å². The molecule has 0 saturated carbocycles. The summed E-state index contributed by atoms with van der Waals surface area (Å²) in [6.45, 7) is -1.20. The second-order valence-electron chi connectivity index (χ2n) is 11.7. The van der Waals surface area contributed by atoms with Gasteiger partial charge in [-0.3, -0.25) is 0 Å². The second-order valence-corrected chi connectivity index (χ2v) is 11.7. The number of rotatable bonds is 9. The van der Waals surface area contributed by atoms with Gasteiger partial charge in [0.05, 0.1) is 28.9 Å². The predicted octanol–water partition coefficient (Wildman–Crippen LogP) is 0.705. The number of esters is 4. The number of hydrogen-bond acceptors (Lipinski definition) is 22. The minimum absolute atomic E-state index is 0.588. The summed E-state index contributed by atoms with van der Waals surface area (Å²) in [4.78, 5) is 53.7. The Morgan fingerprint density at radius 2 is 0.661 bits per heavy atom. The van der Waals surface area contributed by atoms with Crippen molar-refractivity contribution >= 4 is 23.9 Å². The molecular formula is C34H28O22. The van der Waals surface area contributed by atoms with Gasteiger partial charge >= 0.3 is 23.9 Å². The molecule has 5 rings (SSSR count). The highest BCUT2D eigenvalue weighted by atomic mass is 16.7. The maximum Gasteiger partial charge on any atom is 0.340 e. The normalized spacial score (nSPS) is 19.1. The van der Waals surface area contributed by atoms with Crippen LogP contribution in [-0.4, -0.2) is 128 Å². The van der Waals surface area contributed by atoms with Crippen LogP contribution in [0.4, 0.5) is 0 Å². The van der Waals surface area contributed by atoms with Gasteiger partial charge in [-0.25, -0.2) is 19.2 Å². The van der Waals surface area contributed by atoms with Crippen molar-refractivity contribution in [1.82, 2.24) is 0 Å². The molecule has 56 heavy (non-hydrogen) atoms. The van der Waals surface area contributed by atoms with Crippen LogP contribution >= 0.6 is 0 Å². The van der Waals surface area contributed by atoms with Crippen LogP contribution in [0.5, 0.6) is 69.0 Å². The van der Waals surface area contributed by atoms with E-state index in [4.69, 9.17) is 23.7 Å². The van der Waals surface area contributed by atoms with Gasteiger partial charge in [-0.05, 0) is 48.5 Å². The second kappa shape index (κ2) is 15.3. The lowest BCUT2D eigenvalue weighted by Crippen LogP contribution is -2.63. The van der Waals surface area contributed by atoms with Gasteiger partial charge in [0.2, 0.25) is 12.4 Å². The zero-order valence-electron chi connectivity index (χ0n) is 27.7. The highest BCUT2D eigenvalue weighted by Crippen LogP contribution is 2.40. The molecule has 0 radical (unpaired) electrons. The van der Waals surface area contributed by atoms with Gasteiger partial charge < -0.3 is 90.1 Å². The summed E-state index contributed by atoms with van der Waals surface area (Å²) < 4.78 is 27.3. The molecule has 1 aliphatic heterocycles. The SMILES string of the molecule is O=C(O[C@@H]1O[C@H](CO)[C@H](OC(=O)c2cc(O)c(O)c(O)c2)[C@H](OC(=O)c2cc(O)c(O)c(O)c2)[C@H]1OC(=O)c1cc(O)c(O)c(O)c1)c1cc(O)c(O)c(O)c1. The van der Waals surface area contributed by atoms with Crippen molar-refractivity contribution in [3.63, 3.8) is 0 Å². The van der Waals surface area contributed by atoms with E-state index in [1.165, 1.54) is 0 Å². The summed E-state index contributed by atoms with van der Waals surface area (Å²) in [5, 5.41) is 129. The summed E-state index contributed by atoms with van der Waals surface area (Å²) >= 11 is 0. The molecule has 0 aliphatic carbocycles. The molecule has 4 aromatic carbocycles. The van der Waals surface area contributed by atoms with Crippen LogP contribution < -0.4 is 0 Å². The molecular weight excluding hydrogens is 760 g/mol. The monoisotopic (exact) mass is 788 g/mol. The van der Waals surface area contributed by atoms with Gasteiger partial charge in [-0.1, -0.05) is 0 Å². The maximum absolute atomic E-state index is 13.6. The number of carbonyl (C=O) groups is 4. The van der Waals surface area contributed by atoms with E-state index in [2.05, 4.69) is 0 Å². The van der Waals surface area contributed by atoms with Crippen LogP contribution in [-0.2, 0) is 23.7 Å². The molecule has 1 saturated heterocycles. The average molecular weight is 789 g/mol. The lowest BCUT2D eigenvalue weighted by molar-refractivity contribution is -0.283. The van der Waals surface area contributed by atoms with E-state index in [1.54, 1.807) is 0 Å². The quantitative estimate of drug-likeness (QED) is 0.0630. The summed E-state index contributed by atoms with van der Waals surface area (Å²) in [6, 6.07) is 4.82. The summed E-state index contributed by atoms with van der Waals surface area (Å²) in [7, 11) is 0. The van der Waals surface area contributed by atoms with Crippen molar-refractivity contribution in [2.45, 2.75) is 30.7 Å². The zero-order chi connectivity index (χ0) is 41.3. The lowest BCUT2D eigenvalue weighted by Gasteiger charge is -2.43. The van der Waals surface area contributed by atoms with Crippen molar-refractivity contribution in [1.29, 1.82) is 0 Å². The molecule has 296 valence electrons. The Balaban J connectivity index is 1.64.